The van der Waals surface area contributed by atoms with E-state index < -0.39 is 0 Å². The van der Waals surface area contributed by atoms with Crippen LogP contribution in [0.25, 0.3) is 0 Å². The standard InChI is InChI=1S/C8H7NO2.Ar/c10-8(6-9-11)7-4-2-1-3-5-7;/h1-6,11H;. The first-order chi connectivity index (χ1) is 5.34. The van der Waals surface area contributed by atoms with Gasteiger partial charge in [0.05, 0.1) is 0 Å². The van der Waals surface area contributed by atoms with Gasteiger partial charge in [-0.05, 0) is 0 Å². The van der Waals surface area contributed by atoms with Gasteiger partial charge in [0.2, 0.25) is 5.78 Å². The minimum absolute atomic E-state index is 0. The maximum Gasteiger partial charge on any atom is 0.207 e. The number of ketones is 1. The second-order valence-corrected chi connectivity index (χ2v) is 1.97. The van der Waals surface area contributed by atoms with Gasteiger partial charge in [-0.2, -0.15) is 0 Å². The maximum absolute atomic E-state index is 10.9. The fraction of sp³-hybridized carbons (Fsp3) is 0. The zero-order valence-electron chi connectivity index (χ0n) is 6.12. The van der Waals surface area contributed by atoms with E-state index in [1.54, 1.807) is 24.3 Å². The average Bonchev–Trinajstić information content (AvgIpc) is 2.07. The van der Waals surface area contributed by atoms with E-state index in [0.717, 1.165) is 6.21 Å². The van der Waals surface area contributed by atoms with Crippen molar-refractivity contribution in [2.75, 3.05) is 0 Å². The van der Waals surface area contributed by atoms with Crippen molar-refractivity contribution in [3.63, 3.8) is 0 Å². The molecule has 1 aromatic rings. The van der Waals surface area contributed by atoms with Gasteiger partial charge in [0.25, 0.3) is 0 Å². The molecular weight excluding hydrogens is 182 g/mol. The van der Waals surface area contributed by atoms with Crippen molar-refractivity contribution in [1.29, 1.82) is 0 Å². The summed E-state index contributed by atoms with van der Waals surface area (Å²) in [6.07, 6.45) is 0.870. The van der Waals surface area contributed by atoms with Gasteiger partial charge in [0.15, 0.2) is 0 Å². The molecule has 1 rings (SSSR count). The predicted molar refractivity (Wildman–Crippen MR) is 41.1 cm³/mol. The van der Waals surface area contributed by atoms with E-state index in [1.807, 2.05) is 6.07 Å². The molecular formula is C8H7ArNO2. The molecule has 0 aliphatic rings. The molecule has 1 N–H and O–H groups in total. The molecule has 0 radical (unpaired) electrons. The summed E-state index contributed by atoms with van der Waals surface area (Å²) in [4.78, 5) is 10.9. The van der Waals surface area contributed by atoms with Crippen LogP contribution in [0.15, 0.2) is 35.5 Å². The Morgan fingerprint density at radius 1 is 1.33 bits per heavy atom. The minimum Gasteiger partial charge on any atom is -0.411 e. The molecule has 3 nitrogen and oxygen atoms in total. The van der Waals surface area contributed by atoms with Crippen LogP contribution in [-0.4, -0.2) is 17.2 Å². The van der Waals surface area contributed by atoms with E-state index in [2.05, 4.69) is 5.16 Å². The van der Waals surface area contributed by atoms with Crippen LogP contribution < -0.4 is 0 Å². The van der Waals surface area contributed by atoms with Gasteiger partial charge in [-0.15, -0.1) is 0 Å². The molecule has 0 atom stereocenters. The molecule has 0 unspecified atom stereocenters. The van der Waals surface area contributed by atoms with Crippen molar-refractivity contribution < 1.29 is 47.7 Å². The summed E-state index contributed by atoms with van der Waals surface area (Å²) in [5, 5.41) is 10.7. The Morgan fingerprint density at radius 2 is 1.92 bits per heavy atom. The molecule has 4 heteroatoms. The molecule has 64 valence electrons. The van der Waals surface area contributed by atoms with Crippen molar-refractivity contribution in [2.45, 2.75) is 0 Å². The molecule has 0 amide bonds. The molecule has 0 aliphatic heterocycles. The minimum atomic E-state index is -0.298. The monoisotopic (exact) mass is 189 g/mol. The number of rotatable bonds is 2. The van der Waals surface area contributed by atoms with E-state index in [0.29, 0.717) is 5.56 Å². The molecule has 0 aliphatic carbocycles. The Bertz CT molecular complexity index is 272. The van der Waals surface area contributed by atoms with E-state index >= 15 is 0 Å². The SMILES string of the molecule is O=C(C=NO)c1ccccc1.[Ar]. The molecule has 0 heterocycles. The van der Waals surface area contributed by atoms with E-state index in [9.17, 15) is 4.79 Å². The van der Waals surface area contributed by atoms with Crippen molar-refractivity contribution in [1.82, 2.24) is 0 Å². The number of hydrogen-bond acceptors (Lipinski definition) is 3. The molecule has 1 aromatic carbocycles. The van der Waals surface area contributed by atoms with Crippen LogP contribution >= 0.6 is 0 Å². The molecule has 0 aromatic heterocycles. The van der Waals surface area contributed by atoms with Crippen LogP contribution in [-0.2, 0) is 0 Å². The fourth-order valence-electron chi connectivity index (χ4n) is 0.729. The summed E-state index contributed by atoms with van der Waals surface area (Å²) < 4.78 is 0. The third-order valence-electron chi connectivity index (χ3n) is 1.23. The Kier molecular flexibility index (Phi) is 5.98. The normalized spacial score (nSPS) is 9.33. The van der Waals surface area contributed by atoms with Crippen LogP contribution in [0.4, 0.5) is 0 Å². The number of oxime groups is 1. The van der Waals surface area contributed by atoms with Crippen LogP contribution in [0.2, 0.25) is 0 Å². The van der Waals surface area contributed by atoms with Gasteiger partial charge >= 0.3 is 0 Å². The number of hydrogen-bond donors (Lipinski definition) is 1. The Balaban J connectivity index is 0.00000121. The quantitative estimate of drug-likeness (QED) is 0.330. The number of carbonyl (C=O) groups is 1. The third-order valence-corrected chi connectivity index (χ3v) is 1.23. The number of carbonyl (C=O) groups excluding carboxylic acids is 1. The largest absolute Gasteiger partial charge is 0.411 e. The van der Waals surface area contributed by atoms with Crippen molar-refractivity contribution in [3.8, 4) is 0 Å². The molecule has 0 fully saturated rings. The van der Waals surface area contributed by atoms with E-state index in [-0.39, 0.29) is 43.5 Å². The smallest absolute Gasteiger partial charge is 0.207 e. The van der Waals surface area contributed by atoms with Gasteiger partial charge in [0, 0.05) is 43.3 Å². The zero-order chi connectivity index (χ0) is 8.10. The van der Waals surface area contributed by atoms with E-state index in [4.69, 9.17) is 5.21 Å². The first kappa shape index (κ1) is 11.6. The summed E-state index contributed by atoms with van der Waals surface area (Å²) in [6, 6.07) is 8.62. The predicted octanol–water partition coefficient (Wildman–Crippen LogP) is 1.33. The second-order valence-electron chi connectivity index (χ2n) is 1.97. The Morgan fingerprint density at radius 3 is 2.42 bits per heavy atom. The van der Waals surface area contributed by atoms with Crippen molar-refractivity contribution in [2.24, 2.45) is 5.16 Å². The Hall–Kier alpha value is -0.380. The fourth-order valence-corrected chi connectivity index (χ4v) is 0.729. The first-order valence-corrected chi connectivity index (χ1v) is 3.11. The van der Waals surface area contributed by atoms with Gasteiger partial charge in [-0.1, -0.05) is 35.5 Å². The molecule has 0 bridgehead atoms. The van der Waals surface area contributed by atoms with Gasteiger partial charge in [0.1, 0.15) is 6.21 Å². The summed E-state index contributed by atoms with van der Waals surface area (Å²) in [7, 11) is 0. The molecule has 0 spiro atoms. The first-order valence-electron chi connectivity index (χ1n) is 3.11. The topological polar surface area (TPSA) is 49.7 Å². The molecule has 0 saturated heterocycles. The third kappa shape index (κ3) is 3.34. The van der Waals surface area contributed by atoms with Crippen LogP contribution in [0, 0.1) is 37.7 Å². The van der Waals surface area contributed by atoms with Crippen LogP contribution in [0.5, 0.6) is 0 Å². The number of benzene rings is 1. The van der Waals surface area contributed by atoms with Crippen molar-refractivity contribution in [3.05, 3.63) is 35.9 Å². The second kappa shape index (κ2) is 6.17. The summed E-state index contributed by atoms with van der Waals surface area (Å²) in [6.45, 7) is 0. The molecule has 12 heavy (non-hydrogen) atoms. The number of nitrogens with zero attached hydrogens (tertiary/aromatic N) is 1. The zero-order valence-corrected chi connectivity index (χ0v) is 6.83. The maximum atomic E-state index is 10.9. The summed E-state index contributed by atoms with van der Waals surface area (Å²) >= 11 is 0. The average molecular weight is 189 g/mol. The molecule has 0 saturated carbocycles. The Labute approximate surface area is 100 Å². The van der Waals surface area contributed by atoms with Crippen LogP contribution in [0.3, 0.4) is 0 Å². The van der Waals surface area contributed by atoms with Crippen molar-refractivity contribution >= 4 is 12.0 Å². The van der Waals surface area contributed by atoms with Crippen LogP contribution in [0.1, 0.15) is 10.4 Å². The number of Topliss-reactive ketones (excluding diaryl/α,β-unsaturated/α-hetero) is 1. The van der Waals surface area contributed by atoms with Gasteiger partial charge < -0.3 is 5.21 Å². The van der Waals surface area contributed by atoms with Gasteiger partial charge in [-0.3, -0.25) is 4.79 Å². The van der Waals surface area contributed by atoms with E-state index in [1.165, 1.54) is 0 Å². The van der Waals surface area contributed by atoms with Gasteiger partial charge in [-0.25, -0.2) is 0 Å². The summed E-state index contributed by atoms with van der Waals surface area (Å²) in [5.41, 5.74) is 0.519. The summed E-state index contributed by atoms with van der Waals surface area (Å²) in [5.74, 6) is -0.298.